The van der Waals surface area contributed by atoms with Crippen molar-refractivity contribution in [2.75, 3.05) is 6.61 Å². The third-order valence-corrected chi connectivity index (χ3v) is 4.40. The summed E-state index contributed by atoms with van der Waals surface area (Å²) in [5.74, 6) is 0.489. The Kier molecular flexibility index (Phi) is 4.18. The van der Waals surface area contributed by atoms with E-state index in [9.17, 15) is 4.79 Å². The zero-order valence-electron chi connectivity index (χ0n) is 10.1. The molecule has 0 unspecified atom stereocenters. The zero-order valence-corrected chi connectivity index (χ0v) is 10.9. The van der Waals surface area contributed by atoms with Gasteiger partial charge in [0, 0.05) is 17.5 Å². The number of hydrogen-bond acceptors (Lipinski definition) is 3. The maximum atomic E-state index is 11.9. The first kappa shape index (κ1) is 12.6. The van der Waals surface area contributed by atoms with Crippen LogP contribution in [-0.2, 0) is 0 Å². The molecule has 1 aromatic heterocycles. The summed E-state index contributed by atoms with van der Waals surface area (Å²) in [5.41, 5.74) is 0. The van der Waals surface area contributed by atoms with Crippen molar-refractivity contribution in [1.82, 2.24) is 5.32 Å². The predicted molar refractivity (Wildman–Crippen MR) is 69.4 cm³/mol. The highest BCUT2D eigenvalue weighted by Crippen LogP contribution is 2.24. The largest absolute Gasteiger partial charge is 0.396 e. The number of aryl methyl sites for hydroxylation is 1. The van der Waals surface area contributed by atoms with E-state index < -0.39 is 0 Å². The lowest BCUT2D eigenvalue weighted by Gasteiger charge is -2.27. The van der Waals surface area contributed by atoms with Gasteiger partial charge in [0.05, 0.1) is 4.88 Å². The number of amides is 1. The van der Waals surface area contributed by atoms with Crippen molar-refractivity contribution >= 4 is 17.2 Å². The molecule has 4 heteroatoms. The Morgan fingerprint density at radius 1 is 1.41 bits per heavy atom. The van der Waals surface area contributed by atoms with Crippen LogP contribution in [0.4, 0.5) is 0 Å². The molecule has 2 N–H and O–H groups in total. The summed E-state index contributed by atoms with van der Waals surface area (Å²) in [6, 6.07) is 4.14. The van der Waals surface area contributed by atoms with Crippen molar-refractivity contribution in [3.05, 3.63) is 21.9 Å². The van der Waals surface area contributed by atoms with E-state index in [1.165, 1.54) is 16.2 Å². The fraction of sp³-hybridized carbons (Fsp3) is 0.615. The number of rotatable bonds is 3. The third kappa shape index (κ3) is 3.30. The molecule has 0 aromatic carbocycles. The molecule has 1 aliphatic rings. The molecule has 1 heterocycles. The zero-order chi connectivity index (χ0) is 12.3. The van der Waals surface area contributed by atoms with Crippen molar-refractivity contribution in [2.45, 2.75) is 38.6 Å². The highest BCUT2D eigenvalue weighted by Gasteiger charge is 2.22. The second kappa shape index (κ2) is 5.65. The normalized spacial score (nSPS) is 24.6. The number of nitrogens with one attached hydrogen (secondary N) is 1. The SMILES string of the molecule is Cc1ccc(C(=O)NC2CCC(CO)CC2)s1. The molecule has 1 amide bonds. The van der Waals surface area contributed by atoms with Crippen LogP contribution in [0.5, 0.6) is 0 Å². The van der Waals surface area contributed by atoms with Crippen LogP contribution in [0.3, 0.4) is 0 Å². The van der Waals surface area contributed by atoms with Gasteiger partial charge in [-0.3, -0.25) is 4.79 Å². The first-order valence-corrected chi connectivity index (χ1v) is 6.99. The fourth-order valence-corrected chi connectivity index (χ4v) is 3.07. The van der Waals surface area contributed by atoms with Crippen LogP contribution in [-0.4, -0.2) is 23.7 Å². The summed E-state index contributed by atoms with van der Waals surface area (Å²) >= 11 is 1.54. The lowest BCUT2D eigenvalue weighted by molar-refractivity contribution is 0.0918. The van der Waals surface area contributed by atoms with Gasteiger partial charge in [-0.05, 0) is 50.7 Å². The van der Waals surface area contributed by atoms with Crippen LogP contribution in [0.1, 0.15) is 40.2 Å². The van der Waals surface area contributed by atoms with Gasteiger partial charge in [-0.15, -0.1) is 11.3 Å². The van der Waals surface area contributed by atoms with Gasteiger partial charge in [0.2, 0.25) is 0 Å². The van der Waals surface area contributed by atoms with Crippen LogP contribution in [0.25, 0.3) is 0 Å². The van der Waals surface area contributed by atoms with Crippen LogP contribution in [0.15, 0.2) is 12.1 Å². The molecule has 0 saturated heterocycles. The van der Waals surface area contributed by atoms with E-state index in [2.05, 4.69) is 5.32 Å². The molecule has 94 valence electrons. The van der Waals surface area contributed by atoms with Crippen molar-refractivity contribution in [3.8, 4) is 0 Å². The van der Waals surface area contributed by atoms with Gasteiger partial charge in [-0.25, -0.2) is 0 Å². The average molecular weight is 253 g/mol. The first-order valence-electron chi connectivity index (χ1n) is 6.17. The quantitative estimate of drug-likeness (QED) is 0.868. The van der Waals surface area contributed by atoms with Crippen LogP contribution >= 0.6 is 11.3 Å². The predicted octanol–water partition coefficient (Wildman–Crippen LogP) is 2.34. The summed E-state index contributed by atoms with van der Waals surface area (Å²) < 4.78 is 0. The van der Waals surface area contributed by atoms with Crippen molar-refractivity contribution in [3.63, 3.8) is 0 Å². The standard InChI is InChI=1S/C13H19NO2S/c1-9-2-7-12(17-9)13(16)14-11-5-3-10(8-15)4-6-11/h2,7,10-11,15H,3-6,8H2,1H3,(H,14,16). The topological polar surface area (TPSA) is 49.3 Å². The number of aliphatic hydroxyl groups is 1. The summed E-state index contributed by atoms with van der Waals surface area (Å²) in [5, 5.41) is 12.1. The van der Waals surface area contributed by atoms with Crippen LogP contribution < -0.4 is 5.32 Å². The van der Waals surface area contributed by atoms with E-state index in [1.54, 1.807) is 0 Å². The smallest absolute Gasteiger partial charge is 0.261 e. The Balaban J connectivity index is 1.84. The van der Waals surface area contributed by atoms with Gasteiger partial charge < -0.3 is 10.4 Å². The minimum Gasteiger partial charge on any atom is -0.396 e. The molecule has 3 nitrogen and oxygen atoms in total. The lowest BCUT2D eigenvalue weighted by Crippen LogP contribution is -2.37. The van der Waals surface area contributed by atoms with Crippen molar-refractivity contribution in [2.24, 2.45) is 5.92 Å². The van der Waals surface area contributed by atoms with Crippen molar-refractivity contribution < 1.29 is 9.90 Å². The molecule has 1 fully saturated rings. The molecule has 17 heavy (non-hydrogen) atoms. The van der Waals surface area contributed by atoms with E-state index in [0.29, 0.717) is 5.92 Å². The summed E-state index contributed by atoms with van der Waals surface area (Å²) in [6.07, 6.45) is 4.01. The van der Waals surface area contributed by atoms with Gasteiger partial charge in [-0.1, -0.05) is 0 Å². The molecule has 0 atom stereocenters. The molecule has 0 spiro atoms. The highest BCUT2D eigenvalue weighted by molar-refractivity contribution is 7.13. The van der Waals surface area contributed by atoms with Crippen LogP contribution in [0.2, 0.25) is 0 Å². The summed E-state index contributed by atoms with van der Waals surface area (Å²) in [4.78, 5) is 13.9. The molecule has 0 aliphatic heterocycles. The van der Waals surface area contributed by atoms with E-state index in [-0.39, 0.29) is 18.6 Å². The van der Waals surface area contributed by atoms with Gasteiger partial charge in [0.1, 0.15) is 0 Å². The molecule has 2 rings (SSSR count). The average Bonchev–Trinajstić information content (AvgIpc) is 2.77. The number of carbonyl (C=O) groups excluding carboxylic acids is 1. The number of thiophene rings is 1. The second-order valence-electron chi connectivity index (χ2n) is 4.78. The molecule has 0 radical (unpaired) electrons. The van der Waals surface area contributed by atoms with E-state index >= 15 is 0 Å². The number of aliphatic hydroxyl groups excluding tert-OH is 1. The molecule has 1 saturated carbocycles. The molecule has 0 bridgehead atoms. The van der Waals surface area contributed by atoms with E-state index in [4.69, 9.17) is 5.11 Å². The Morgan fingerprint density at radius 3 is 2.65 bits per heavy atom. The Morgan fingerprint density at radius 2 is 2.12 bits per heavy atom. The Labute approximate surface area is 106 Å². The van der Waals surface area contributed by atoms with Gasteiger partial charge in [-0.2, -0.15) is 0 Å². The number of carbonyl (C=O) groups is 1. The molecular formula is C13H19NO2S. The van der Waals surface area contributed by atoms with Crippen LogP contribution in [0, 0.1) is 12.8 Å². The summed E-state index contributed by atoms with van der Waals surface area (Å²) in [7, 11) is 0. The molecule has 1 aliphatic carbocycles. The maximum absolute atomic E-state index is 11.9. The minimum absolute atomic E-state index is 0.0514. The second-order valence-corrected chi connectivity index (χ2v) is 6.07. The summed E-state index contributed by atoms with van der Waals surface area (Å²) in [6.45, 7) is 2.29. The monoisotopic (exact) mass is 253 g/mol. The fourth-order valence-electron chi connectivity index (χ4n) is 2.30. The molecule has 1 aromatic rings. The van der Waals surface area contributed by atoms with Gasteiger partial charge >= 0.3 is 0 Å². The molecular weight excluding hydrogens is 234 g/mol. The maximum Gasteiger partial charge on any atom is 0.261 e. The van der Waals surface area contributed by atoms with Crippen molar-refractivity contribution in [1.29, 1.82) is 0 Å². The number of hydrogen-bond donors (Lipinski definition) is 2. The van der Waals surface area contributed by atoms with E-state index in [0.717, 1.165) is 30.6 Å². The first-order chi connectivity index (χ1) is 8.19. The Bertz CT molecular complexity index is 381. The van der Waals surface area contributed by atoms with E-state index in [1.807, 2.05) is 19.1 Å². The Hall–Kier alpha value is -0.870. The minimum atomic E-state index is 0.0514. The van der Waals surface area contributed by atoms with Gasteiger partial charge in [0.15, 0.2) is 0 Å². The van der Waals surface area contributed by atoms with Gasteiger partial charge in [0.25, 0.3) is 5.91 Å². The third-order valence-electron chi connectivity index (χ3n) is 3.40. The lowest BCUT2D eigenvalue weighted by atomic mass is 9.86. The highest BCUT2D eigenvalue weighted by atomic mass is 32.1.